The van der Waals surface area contributed by atoms with Crippen LogP contribution in [0, 0.1) is 11.3 Å². The lowest BCUT2D eigenvalue weighted by Crippen LogP contribution is -2.30. The minimum atomic E-state index is 0.601. The zero-order valence-electron chi connectivity index (χ0n) is 10.1. The highest BCUT2D eigenvalue weighted by Crippen LogP contribution is 1.97. The molecule has 0 saturated heterocycles. The first-order chi connectivity index (χ1) is 7.24. The minimum absolute atomic E-state index is 0.601. The Kier molecular flexibility index (Phi) is 9.15. The fraction of sp³-hybridized carbons (Fsp3) is 0.750. The van der Waals surface area contributed by atoms with Crippen LogP contribution in [0.5, 0.6) is 0 Å². The Labute approximate surface area is 93.8 Å². The van der Waals surface area contributed by atoms with Gasteiger partial charge in [-0.3, -0.25) is 4.90 Å². The highest BCUT2D eigenvalue weighted by molar-refractivity contribution is 4.99. The maximum absolute atomic E-state index is 8.51. The SMILES string of the molecule is C=C(CNCCC)CN(CC)CCC#N. The molecule has 1 N–H and O–H groups in total. The summed E-state index contributed by atoms with van der Waals surface area (Å²) in [4.78, 5) is 2.25. The summed E-state index contributed by atoms with van der Waals surface area (Å²) in [6.07, 6.45) is 1.75. The third-order valence-corrected chi connectivity index (χ3v) is 2.24. The van der Waals surface area contributed by atoms with Gasteiger partial charge < -0.3 is 5.32 Å². The number of nitrogens with one attached hydrogen (secondary N) is 1. The molecule has 86 valence electrons. The standard InChI is InChI=1S/C12H23N3/c1-4-8-14-10-12(3)11-15(5-2)9-6-7-13/h14H,3-6,8-11H2,1-2H3. The van der Waals surface area contributed by atoms with Crippen LogP contribution in [0.15, 0.2) is 12.2 Å². The maximum atomic E-state index is 8.51. The van der Waals surface area contributed by atoms with Crippen LogP contribution in [-0.2, 0) is 0 Å². The van der Waals surface area contributed by atoms with Crippen molar-refractivity contribution in [2.75, 3.05) is 32.7 Å². The van der Waals surface area contributed by atoms with Gasteiger partial charge in [-0.15, -0.1) is 0 Å². The molecule has 0 aromatic carbocycles. The van der Waals surface area contributed by atoms with Crippen LogP contribution in [-0.4, -0.2) is 37.6 Å². The molecule has 0 spiro atoms. The third-order valence-electron chi connectivity index (χ3n) is 2.24. The molecule has 0 amide bonds. The van der Waals surface area contributed by atoms with Gasteiger partial charge in [-0.05, 0) is 25.1 Å². The van der Waals surface area contributed by atoms with E-state index in [4.69, 9.17) is 5.26 Å². The van der Waals surface area contributed by atoms with Crippen LogP contribution in [0.4, 0.5) is 0 Å². The molecular weight excluding hydrogens is 186 g/mol. The third kappa shape index (κ3) is 8.17. The van der Waals surface area contributed by atoms with Gasteiger partial charge in [0.15, 0.2) is 0 Å². The van der Waals surface area contributed by atoms with Gasteiger partial charge in [0.25, 0.3) is 0 Å². The highest BCUT2D eigenvalue weighted by Gasteiger charge is 2.03. The summed E-state index contributed by atoms with van der Waals surface area (Å²) in [6.45, 7) is 13.0. The fourth-order valence-electron chi connectivity index (χ4n) is 1.37. The monoisotopic (exact) mass is 209 g/mol. The van der Waals surface area contributed by atoms with Gasteiger partial charge in [0.05, 0.1) is 6.07 Å². The molecule has 3 nitrogen and oxygen atoms in total. The Morgan fingerprint density at radius 1 is 1.47 bits per heavy atom. The topological polar surface area (TPSA) is 39.1 Å². The van der Waals surface area contributed by atoms with Crippen LogP contribution in [0.25, 0.3) is 0 Å². The number of nitrogens with zero attached hydrogens (tertiary/aromatic N) is 2. The molecule has 15 heavy (non-hydrogen) atoms. The second-order valence-corrected chi connectivity index (χ2v) is 3.70. The van der Waals surface area contributed by atoms with Crippen LogP contribution < -0.4 is 5.32 Å². The van der Waals surface area contributed by atoms with Gasteiger partial charge in [-0.25, -0.2) is 0 Å². The average Bonchev–Trinajstić information content (AvgIpc) is 2.24. The molecular formula is C12H23N3. The predicted molar refractivity (Wildman–Crippen MR) is 64.6 cm³/mol. The van der Waals surface area contributed by atoms with Gasteiger partial charge in [0.2, 0.25) is 0 Å². The van der Waals surface area contributed by atoms with Gasteiger partial charge in [0.1, 0.15) is 0 Å². The Morgan fingerprint density at radius 3 is 2.73 bits per heavy atom. The van der Waals surface area contributed by atoms with Gasteiger partial charge in [0, 0.05) is 26.1 Å². The van der Waals surface area contributed by atoms with E-state index >= 15 is 0 Å². The molecule has 0 unspecified atom stereocenters. The van der Waals surface area contributed by atoms with E-state index in [1.165, 1.54) is 5.57 Å². The van der Waals surface area contributed by atoms with E-state index in [0.717, 1.165) is 39.1 Å². The van der Waals surface area contributed by atoms with Gasteiger partial charge in [-0.2, -0.15) is 5.26 Å². The Balaban J connectivity index is 3.66. The molecule has 0 heterocycles. The van der Waals surface area contributed by atoms with Gasteiger partial charge in [-0.1, -0.05) is 20.4 Å². The van der Waals surface area contributed by atoms with Crippen molar-refractivity contribution in [3.05, 3.63) is 12.2 Å². The minimum Gasteiger partial charge on any atom is -0.313 e. The number of hydrogen-bond donors (Lipinski definition) is 1. The quantitative estimate of drug-likeness (QED) is 0.465. The lowest BCUT2D eigenvalue weighted by Gasteiger charge is -2.20. The molecule has 0 atom stereocenters. The summed E-state index contributed by atoms with van der Waals surface area (Å²) in [7, 11) is 0. The molecule has 0 aliphatic carbocycles. The summed E-state index contributed by atoms with van der Waals surface area (Å²) in [5.74, 6) is 0. The largest absolute Gasteiger partial charge is 0.313 e. The fourth-order valence-corrected chi connectivity index (χ4v) is 1.37. The van der Waals surface area contributed by atoms with Crippen molar-refractivity contribution in [3.63, 3.8) is 0 Å². The van der Waals surface area contributed by atoms with Crippen molar-refractivity contribution in [1.82, 2.24) is 10.2 Å². The van der Waals surface area contributed by atoms with Crippen LogP contribution in [0.2, 0.25) is 0 Å². The lowest BCUT2D eigenvalue weighted by atomic mass is 10.2. The predicted octanol–water partition coefficient (Wildman–Crippen LogP) is 1.78. The van der Waals surface area contributed by atoms with E-state index in [1.807, 2.05) is 0 Å². The van der Waals surface area contributed by atoms with E-state index in [2.05, 4.69) is 36.7 Å². The first kappa shape index (κ1) is 14.2. The van der Waals surface area contributed by atoms with E-state index < -0.39 is 0 Å². The molecule has 0 aliphatic heterocycles. The summed E-state index contributed by atoms with van der Waals surface area (Å²) >= 11 is 0. The first-order valence-electron chi connectivity index (χ1n) is 5.71. The summed E-state index contributed by atoms with van der Waals surface area (Å²) < 4.78 is 0. The van der Waals surface area contributed by atoms with Crippen LogP contribution in [0.3, 0.4) is 0 Å². The van der Waals surface area contributed by atoms with Crippen molar-refractivity contribution in [2.24, 2.45) is 0 Å². The Morgan fingerprint density at radius 2 is 2.20 bits per heavy atom. The number of rotatable bonds is 9. The Bertz CT molecular complexity index is 205. The first-order valence-corrected chi connectivity index (χ1v) is 5.71. The van der Waals surface area contributed by atoms with E-state index in [9.17, 15) is 0 Å². The van der Waals surface area contributed by atoms with Crippen molar-refractivity contribution in [1.29, 1.82) is 5.26 Å². The molecule has 0 aromatic heterocycles. The van der Waals surface area contributed by atoms with Gasteiger partial charge >= 0.3 is 0 Å². The zero-order valence-corrected chi connectivity index (χ0v) is 10.1. The number of nitriles is 1. The summed E-state index contributed by atoms with van der Waals surface area (Å²) in [5.41, 5.74) is 1.20. The van der Waals surface area contributed by atoms with E-state index in [-0.39, 0.29) is 0 Å². The maximum Gasteiger partial charge on any atom is 0.0635 e. The molecule has 0 aromatic rings. The molecule has 0 rings (SSSR count). The van der Waals surface area contributed by atoms with Crippen molar-refractivity contribution in [2.45, 2.75) is 26.7 Å². The van der Waals surface area contributed by atoms with Crippen molar-refractivity contribution < 1.29 is 0 Å². The lowest BCUT2D eigenvalue weighted by molar-refractivity contribution is 0.317. The second kappa shape index (κ2) is 9.70. The summed E-state index contributed by atoms with van der Waals surface area (Å²) in [5, 5.41) is 11.8. The molecule has 0 aliphatic rings. The zero-order chi connectivity index (χ0) is 11.5. The van der Waals surface area contributed by atoms with Crippen LogP contribution in [0.1, 0.15) is 26.7 Å². The summed E-state index contributed by atoms with van der Waals surface area (Å²) in [6, 6.07) is 2.17. The smallest absolute Gasteiger partial charge is 0.0635 e. The molecule has 0 radical (unpaired) electrons. The normalized spacial score (nSPS) is 10.3. The van der Waals surface area contributed by atoms with Crippen LogP contribution >= 0.6 is 0 Å². The average molecular weight is 209 g/mol. The van der Waals surface area contributed by atoms with Crippen molar-refractivity contribution >= 4 is 0 Å². The molecule has 3 heteroatoms. The number of hydrogen-bond acceptors (Lipinski definition) is 3. The van der Waals surface area contributed by atoms with E-state index in [1.54, 1.807) is 0 Å². The molecule has 0 saturated carbocycles. The molecule has 0 fully saturated rings. The highest BCUT2D eigenvalue weighted by atomic mass is 15.1. The van der Waals surface area contributed by atoms with E-state index in [0.29, 0.717) is 6.42 Å². The van der Waals surface area contributed by atoms with Crippen molar-refractivity contribution in [3.8, 4) is 6.07 Å². The molecule has 0 bridgehead atoms. The number of likely N-dealkylation sites (N-methyl/N-ethyl adjacent to an activating group) is 1. The Hall–Kier alpha value is -0.850. The second-order valence-electron chi connectivity index (χ2n) is 3.70.